The van der Waals surface area contributed by atoms with Gasteiger partial charge in [-0.1, -0.05) is 40.9 Å². The number of nitrogens with zero attached hydrogens (tertiary/aromatic N) is 2. The van der Waals surface area contributed by atoms with Crippen LogP contribution >= 0.6 is 34.8 Å². The van der Waals surface area contributed by atoms with Gasteiger partial charge < -0.3 is 14.5 Å². The van der Waals surface area contributed by atoms with Crippen LogP contribution in [0.3, 0.4) is 0 Å². The van der Waals surface area contributed by atoms with Gasteiger partial charge in [0.05, 0.1) is 11.6 Å². The number of amides is 1. The van der Waals surface area contributed by atoms with Gasteiger partial charge in [-0.05, 0) is 42.8 Å². The molecule has 1 heterocycles. The minimum Gasteiger partial charge on any atom is -0.492 e. The lowest BCUT2D eigenvalue weighted by molar-refractivity contribution is -0.131. The summed E-state index contributed by atoms with van der Waals surface area (Å²) in [7, 11) is 0. The Hall–Kier alpha value is -1.62. The molecule has 3 rings (SSSR count). The SMILES string of the molecule is O=C(CCCOc1ccc(Cl)cc1Cl)N1CCN(c2cccc(Cl)c2)CC1. The standard InChI is InChI=1S/C20H21Cl3N2O2/c21-15-3-1-4-17(13-15)24-8-10-25(11-9-24)20(26)5-2-12-27-19-7-6-16(22)14-18(19)23/h1,3-4,6-7,13-14H,2,5,8-12H2. The van der Waals surface area contributed by atoms with Crippen LogP contribution in [0.25, 0.3) is 0 Å². The first-order valence-electron chi connectivity index (χ1n) is 8.89. The summed E-state index contributed by atoms with van der Waals surface area (Å²) in [6.07, 6.45) is 1.11. The van der Waals surface area contributed by atoms with Crippen molar-refractivity contribution in [2.24, 2.45) is 0 Å². The number of hydrogen-bond acceptors (Lipinski definition) is 3. The summed E-state index contributed by atoms with van der Waals surface area (Å²) in [5.41, 5.74) is 1.10. The third-order valence-electron chi connectivity index (χ3n) is 4.49. The van der Waals surface area contributed by atoms with Gasteiger partial charge in [-0.2, -0.15) is 0 Å². The zero-order chi connectivity index (χ0) is 19.2. The lowest BCUT2D eigenvalue weighted by atomic mass is 10.2. The van der Waals surface area contributed by atoms with Crippen molar-refractivity contribution < 1.29 is 9.53 Å². The smallest absolute Gasteiger partial charge is 0.222 e. The minimum atomic E-state index is 0.159. The molecule has 1 aliphatic heterocycles. The third kappa shape index (κ3) is 5.68. The maximum Gasteiger partial charge on any atom is 0.222 e. The van der Waals surface area contributed by atoms with Crippen molar-refractivity contribution in [3.8, 4) is 5.75 Å². The monoisotopic (exact) mass is 426 g/mol. The van der Waals surface area contributed by atoms with Crippen LogP contribution in [0.1, 0.15) is 12.8 Å². The first-order chi connectivity index (χ1) is 13.0. The Bertz CT molecular complexity index is 793. The predicted molar refractivity (Wildman–Crippen MR) is 111 cm³/mol. The van der Waals surface area contributed by atoms with Crippen LogP contribution in [0.5, 0.6) is 5.75 Å². The zero-order valence-corrected chi connectivity index (χ0v) is 17.1. The van der Waals surface area contributed by atoms with Crippen LogP contribution < -0.4 is 9.64 Å². The van der Waals surface area contributed by atoms with E-state index in [0.717, 1.165) is 36.9 Å². The second-order valence-electron chi connectivity index (χ2n) is 6.37. The summed E-state index contributed by atoms with van der Waals surface area (Å²) in [4.78, 5) is 16.6. The molecule has 0 aliphatic carbocycles. The lowest BCUT2D eigenvalue weighted by Gasteiger charge is -2.36. The van der Waals surface area contributed by atoms with Gasteiger partial charge in [0.1, 0.15) is 5.75 Å². The van der Waals surface area contributed by atoms with Gasteiger partial charge in [0.15, 0.2) is 0 Å². The van der Waals surface area contributed by atoms with Gasteiger partial charge in [-0.3, -0.25) is 4.79 Å². The van der Waals surface area contributed by atoms with Gasteiger partial charge in [-0.15, -0.1) is 0 Å². The molecular formula is C20H21Cl3N2O2. The summed E-state index contributed by atoms with van der Waals surface area (Å²) in [5.74, 6) is 0.746. The highest BCUT2D eigenvalue weighted by molar-refractivity contribution is 6.35. The quantitative estimate of drug-likeness (QED) is 0.597. The van der Waals surface area contributed by atoms with Gasteiger partial charge in [-0.25, -0.2) is 0 Å². The fraction of sp³-hybridized carbons (Fsp3) is 0.350. The Morgan fingerprint density at radius 2 is 1.70 bits per heavy atom. The fourth-order valence-corrected chi connectivity index (χ4v) is 3.69. The predicted octanol–water partition coefficient (Wildman–Crippen LogP) is 5.15. The van der Waals surface area contributed by atoms with Crippen LogP contribution in [0.2, 0.25) is 15.1 Å². The highest BCUT2D eigenvalue weighted by Crippen LogP contribution is 2.27. The normalized spacial score (nSPS) is 14.3. The molecule has 4 nitrogen and oxygen atoms in total. The minimum absolute atomic E-state index is 0.159. The molecule has 0 N–H and O–H groups in total. The van der Waals surface area contributed by atoms with Gasteiger partial charge in [0.25, 0.3) is 0 Å². The van der Waals surface area contributed by atoms with E-state index in [1.807, 2.05) is 29.2 Å². The van der Waals surface area contributed by atoms with Crippen molar-refractivity contribution >= 4 is 46.4 Å². The Morgan fingerprint density at radius 1 is 0.963 bits per heavy atom. The van der Waals surface area contributed by atoms with E-state index >= 15 is 0 Å². The number of hydrogen-bond donors (Lipinski definition) is 0. The van der Waals surface area contributed by atoms with E-state index in [1.165, 1.54) is 0 Å². The van der Waals surface area contributed by atoms with E-state index < -0.39 is 0 Å². The number of ether oxygens (including phenoxy) is 1. The molecule has 2 aromatic carbocycles. The van der Waals surface area contributed by atoms with Crippen molar-refractivity contribution in [3.63, 3.8) is 0 Å². The summed E-state index contributed by atoms with van der Waals surface area (Å²) in [5, 5.41) is 1.78. The number of carbonyl (C=O) groups is 1. The Kier molecular flexibility index (Phi) is 7.11. The summed E-state index contributed by atoms with van der Waals surface area (Å²) in [6, 6.07) is 12.9. The maximum atomic E-state index is 12.4. The van der Waals surface area contributed by atoms with E-state index in [9.17, 15) is 4.79 Å². The molecule has 1 aliphatic rings. The number of benzene rings is 2. The molecule has 0 spiro atoms. The molecule has 1 fully saturated rings. The highest BCUT2D eigenvalue weighted by atomic mass is 35.5. The molecule has 0 atom stereocenters. The Balaban J connectivity index is 1.39. The van der Waals surface area contributed by atoms with Crippen LogP contribution in [0.4, 0.5) is 5.69 Å². The van der Waals surface area contributed by atoms with Gasteiger partial charge in [0, 0.05) is 48.3 Å². The van der Waals surface area contributed by atoms with Gasteiger partial charge >= 0.3 is 0 Å². The average Bonchev–Trinajstić information content (AvgIpc) is 2.66. The average molecular weight is 428 g/mol. The first kappa shape index (κ1) is 20.1. The molecule has 2 aromatic rings. The molecule has 0 bridgehead atoms. The molecule has 27 heavy (non-hydrogen) atoms. The lowest BCUT2D eigenvalue weighted by Crippen LogP contribution is -2.48. The van der Waals surface area contributed by atoms with Crippen molar-refractivity contribution in [3.05, 3.63) is 57.5 Å². The van der Waals surface area contributed by atoms with Crippen LogP contribution in [-0.4, -0.2) is 43.6 Å². The summed E-state index contributed by atoms with van der Waals surface area (Å²) in [6.45, 7) is 3.49. The summed E-state index contributed by atoms with van der Waals surface area (Å²) >= 11 is 18.0. The largest absolute Gasteiger partial charge is 0.492 e. The Morgan fingerprint density at radius 3 is 2.41 bits per heavy atom. The van der Waals surface area contributed by atoms with Crippen molar-refractivity contribution in [2.75, 3.05) is 37.7 Å². The van der Waals surface area contributed by atoms with E-state index in [4.69, 9.17) is 39.5 Å². The molecule has 1 saturated heterocycles. The van der Waals surface area contributed by atoms with E-state index in [1.54, 1.807) is 18.2 Å². The molecule has 0 radical (unpaired) electrons. The molecular weight excluding hydrogens is 407 g/mol. The van der Waals surface area contributed by atoms with Gasteiger partial charge in [0.2, 0.25) is 5.91 Å². The van der Waals surface area contributed by atoms with Crippen LogP contribution in [0.15, 0.2) is 42.5 Å². The molecule has 144 valence electrons. The van der Waals surface area contributed by atoms with E-state index in [0.29, 0.717) is 35.2 Å². The van der Waals surface area contributed by atoms with Crippen molar-refractivity contribution in [1.82, 2.24) is 4.90 Å². The Labute approximate surface area is 174 Å². The number of carbonyl (C=O) groups excluding carboxylic acids is 1. The first-order valence-corrected chi connectivity index (χ1v) is 10.0. The molecule has 1 amide bonds. The van der Waals surface area contributed by atoms with E-state index in [2.05, 4.69) is 4.90 Å². The van der Waals surface area contributed by atoms with Crippen molar-refractivity contribution in [1.29, 1.82) is 0 Å². The number of piperazine rings is 1. The molecule has 7 heteroatoms. The molecule has 0 aromatic heterocycles. The van der Waals surface area contributed by atoms with Crippen molar-refractivity contribution in [2.45, 2.75) is 12.8 Å². The van der Waals surface area contributed by atoms with Crippen LogP contribution in [-0.2, 0) is 4.79 Å². The third-order valence-corrected chi connectivity index (χ3v) is 5.26. The molecule has 0 saturated carbocycles. The summed E-state index contributed by atoms with van der Waals surface area (Å²) < 4.78 is 5.63. The number of rotatable bonds is 6. The van der Waals surface area contributed by atoms with Crippen LogP contribution in [0, 0.1) is 0 Å². The number of anilines is 1. The van der Waals surface area contributed by atoms with E-state index in [-0.39, 0.29) is 5.91 Å². The maximum absolute atomic E-state index is 12.4. The fourth-order valence-electron chi connectivity index (χ4n) is 3.04. The zero-order valence-electron chi connectivity index (χ0n) is 14.8. The second kappa shape index (κ2) is 9.54. The second-order valence-corrected chi connectivity index (χ2v) is 7.65. The topological polar surface area (TPSA) is 32.8 Å². The number of halogens is 3. The highest BCUT2D eigenvalue weighted by Gasteiger charge is 2.21. The molecule has 0 unspecified atom stereocenters.